The van der Waals surface area contributed by atoms with Crippen molar-refractivity contribution in [1.82, 2.24) is 14.9 Å². The maximum atomic E-state index is 13.1. The van der Waals surface area contributed by atoms with Gasteiger partial charge in [-0.05, 0) is 25.6 Å². The number of anilines is 1. The lowest BCUT2D eigenvalue weighted by atomic mass is 9.98. The average Bonchev–Trinajstić information content (AvgIpc) is 2.77. The van der Waals surface area contributed by atoms with E-state index in [-0.39, 0.29) is 29.9 Å². The summed E-state index contributed by atoms with van der Waals surface area (Å²) in [6, 6.07) is 1.70. The van der Waals surface area contributed by atoms with Crippen LogP contribution in [-0.4, -0.2) is 65.9 Å². The molecule has 3 rings (SSSR count). The fourth-order valence-corrected chi connectivity index (χ4v) is 3.33. The van der Waals surface area contributed by atoms with Crippen molar-refractivity contribution in [3.63, 3.8) is 0 Å². The first kappa shape index (κ1) is 22.1. The molecule has 0 bridgehead atoms. The molecule has 0 saturated carbocycles. The molecule has 0 spiro atoms. The minimum atomic E-state index is -4.59. The fraction of sp³-hybridized carbons (Fsp3) is 0.368. The van der Waals surface area contributed by atoms with E-state index in [1.807, 2.05) is 4.90 Å². The summed E-state index contributed by atoms with van der Waals surface area (Å²) in [6.45, 7) is 4.65. The van der Waals surface area contributed by atoms with Crippen molar-refractivity contribution >= 4 is 36.7 Å². The molecule has 3 heterocycles. The van der Waals surface area contributed by atoms with Crippen LogP contribution in [0.2, 0.25) is 0 Å². The zero-order valence-corrected chi connectivity index (χ0v) is 16.5. The molecule has 1 fully saturated rings. The van der Waals surface area contributed by atoms with Crippen LogP contribution in [-0.2, 0) is 4.74 Å². The Morgan fingerprint density at radius 1 is 1.39 bits per heavy atom. The summed E-state index contributed by atoms with van der Waals surface area (Å²) in [5.74, 6) is 0.584. The van der Waals surface area contributed by atoms with Gasteiger partial charge in [0.25, 0.3) is 0 Å². The normalized spacial score (nSPS) is 19.6. The van der Waals surface area contributed by atoms with Gasteiger partial charge in [-0.25, -0.2) is 9.97 Å². The summed E-state index contributed by atoms with van der Waals surface area (Å²) in [6.07, 6.45) is 2.56. The van der Waals surface area contributed by atoms with E-state index in [9.17, 15) is 13.2 Å². The van der Waals surface area contributed by atoms with Crippen LogP contribution < -0.4 is 4.90 Å². The van der Waals surface area contributed by atoms with Gasteiger partial charge in [-0.2, -0.15) is 13.2 Å². The summed E-state index contributed by atoms with van der Waals surface area (Å²) in [4.78, 5) is 19.1. The van der Waals surface area contributed by atoms with E-state index in [0.717, 1.165) is 31.7 Å². The largest absolute Gasteiger partial charge is 0.434 e. The molecule has 0 amide bonds. The molecule has 31 heavy (non-hydrogen) atoms. The Kier molecular flexibility index (Phi) is 6.78. The molecule has 164 valence electrons. The number of alkyl halides is 3. The maximum absolute atomic E-state index is 13.1. The number of nitrogens with one attached hydrogen (secondary N) is 2. The molecule has 0 radical (unpaired) electrons. The van der Waals surface area contributed by atoms with E-state index in [1.54, 1.807) is 6.07 Å². The second kappa shape index (κ2) is 9.49. The SMILES string of the molecule is C=N/C=C(/c1nccc(N2CCCC(C(=N)OC=N)C2)n1)N1C=C(C(F)(F)F)N=CC1. The van der Waals surface area contributed by atoms with E-state index in [0.29, 0.717) is 18.9 Å². The lowest BCUT2D eigenvalue weighted by Gasteiger charge is -2.33. The van der Waals surface area contributed by atoms with Gasteiger partial charge < -0.3 is 14.5 Å². The van der Waals surface area contributed by atoms with Gasteiger partial charge >= 0.3 is 6.18 Å². The van der Waals surface area contributed by atoms with Gasteiger partial charge in [0, 0.05) is 31.7 Å². The summed E-state index contributed by atoms with van der Waals surface area (Å²) < 4.78 is 44.2. The highest BCUT2D eigenvalue weighted by atomic mass is 19.4. The Morgan fingerprint density at radius 3 is 2.90 bits per heavy atom. The van der Waals surface area contributed by atoms with Crippen molar-refractivity contribution in [3.05, 3.63) is 36.2 Å². The number of aromatic nitrogens is 2. The second-order valence-electron chi connectivity index (χ2n) is 6.80. The third kappa shape index (κ3) is 5.32. The number of hydrogen-bond donors (Lipinski definition) is 2. The minimum absolute atomic E-state index is 0.0165. The predicted octanol–water partition coefficient (Wildman–Crippen LogP) is 3.08. The number of rotatable bonds is 6. The highest BCUT2D eigenvalue weighted by Gasteiger charge is 2.36. The third-order valence-electron chi connectivity index (χ3n) is 4.77. The standard InChI is InChI=1S/C19H21F3N8O/c1-25-9-14(29-8-6-26-15(11-29)19(20,21)22)18-27-5-4-16(28-18)30-7-2-3-13(10-30)17(24)31-12-23/h4-6,9,11-13,23-24H,1-3,7-8,10H2/b14-9-,23-12?,24-17?. The maximum Gasteiger partial charge on any atom is 0.434 e. The van der Waals surface area contributed by atoms with Crippen molar-refractivity contribution in [2.45, 2.75) is 19.0 Å². The second-order valence-corrected chi connectivity index (χ2v) is 6.80. The van der Waals surface area contributed by atoms with Crippen LogP contribution >= 0.6 is 0 Å². The number of nitrogens with zero attached hydrogens (tertiary/aromatic N) is 6. The van der Waals surface area contributed by atoms with Crippen molar-refractivity contribution < 1.29 is 17.9 Å². The number of aliphatic imine (C=N–C) groups is 2. The quantitative estimate of drug-likeness (QED) is 0.528. The number of piperidine rings is 1. The lowest BCUT2D eigenvalue weighted by molar-refractivity contribution is -0.0934. The molecule has 1 atom stereocenters. The Hall–Kier alpha value is -3.57. The van der Waals surface area contributed by atoms with Crippen LogP contribution in [0.4, 0.5) is 19.0 Å². The van der Waals surface area contributed by atoms with Crippen LogP contribution in [0.5, 0.6) is 0 Å². The highest BCUT2D eigenvalue weighted by Crippen LogP contribution is 2.31. The van der Waals surface area contributed by atoms with Crippen LogP contribution in [0.3, 0.4) is 0 Å². The molecule has 12 heteroatoms. The molecule has 1 unspecified atom stereocenters. The zero-order valence-electron chi connectivity index (χ0n) is 16.5. The molecule has 0 aliphatic carbocycles. The summed E-state index contributed by atoms with van der Waals surface area (Å²) in [5.41, 5.74) is -0.786. The predicted molar refractivity (Wildman–Crippen MR) is 111 cm³/mol. The number of allylic oxidation sites excluding steroid dienone is 1. The first-order valence-corrected chi connectivity index (χ1v) is 9.40. The minimum Gasteiger partial charge on any atom is -0.432 e. The van der Waals surface area contributed by atoms with Gasteiger partial charge in [0.1, 0.15) is 11.5 Å². The van der Waals surface area contributed by atoms with Crippen molar-refractivity contribution in [2.75, 3.05) is 24.5 Å². The van der Waals surface area contributed by atoms with E-state index < -0.39 is 11.9 Å². The molecule has 1 aromatic rings. The Labute approximate surface area is 176 Å². The summed E-state index contributed by atoms with van der Waals surface area (Å²) in [5, 5.41) is 14.9. The topological polar surface area (TPSA) is 114 Å². The van der Waals surface area contributed by atoms with Gasteiger partial charge in [-0.15, -0.1) is 0 Å². The lowest BCUT2D eigenvalue weighted by Crippen LogP contribution is -2.39. The molecule has 2 aliphatic heterocycles. The fourth-order valence-electron chi connectivity index (χ4n) is 3.33. The summed E-state index contributed by atoms with van der Waals surface area (Å²) >= 11 is 0. The number of ether oxygens (including phenoxy) is 1. The van der Waals surface area contributed by atoms with Crippen molar-refractivity contribution in [2.24, 2.45) is 15.9 Å². The Morgan fingerprint density at radius 2 is 2.19 bits per heavy atom. The average molecular weight is 434 g/mol. The number of hydrogen-bond acceptors (Lipinski definition) is 9. The molecular formula is C19H21F3N8O. The van der Waals surface area contributed by atoms with Gasteiger partial charge in [0.2, 0.25) is 0 Å². The van der Waals surface area contributed by atoms with Crippen LogP contribution in [0.25, 0.3) is 5.70 Å². The first-order chi connectivity index (χ1) is 14.8. The number of halogens is 3. The molecule has 0 aromatic carbocycles. The smallest absolute Gasteiger partial charge is 0.432 e. The molecule has 2 N–H and O–H groups in total. The molecule has 2 aliphatic rings. The van der Waals surface area contributed by atoms with Crippen molar-refractivity contribution in [1.29, 1.82) is 10.8 Å². The van der Waals surface area contributed by atoms with Crippen LogP contribution in [0.15, 0.2) is 40.3 Å². The van der Waals surface area contributed by atoms with Gasteiger partial charge in [-0.3, -0.25) is 20.8 Å². The van der Waals surface area contributed by atoms with Gasteiger partial charge in [0.05, 0.1) is 18.7 Å². The molecular weight excluding hydrogens is 413 g/mol. The van der Waals surface area contributed by atoms with Crippen LogP contribution in [0.1, 0.15) is 18.7 Å². The van der Waals surface area contributed by atoms with Gasteiger partial charge in [0.15, 0.2) is 23.8 Å². The third-order valence-corrected chi connectivity index (χ3v) is 4.77. The zero-order chi connectivity index (χ0) is 22.4. The Balaban J connectivity index is 1.86. The van der Waals surface area contributed by atoms with Crippen molar-refractivity contribution in [3.8, 4) is 0 Å². The monoisotopic (exact) mass is 434 g/mol. The molecule has 1 aromatic heterocycles. The van der Waals surface area contributed by atoms with E-state index >= 15 is 0 Å². The molecule has 9 nitrogen and oxygen atoms in total. The summed E-state index contributed by atoms with van der Waals surface area (Å²) in [7, 11) is 0. The van der Waals surface area contributed by atoms with Gasteiger partial charge in [-0.1, -0.05) is 0 Å². The highest BCUT2D eigenvalue weighted by molar-refractivity contribution is 5.82. The first-order valence-electron chi connectivity index (χ1n) is 9.40. The molecule has 1 saturated heterocycles. The van der Waals surface area contributed by atoms with E-state index in [4.69, 9.17) is 15.6 Å². The Bertz CT molecular complexity index is 940. The van der Waals surface area contributed by atoms with E-state index in [1.165, 1.54) is 17.3 Å². The van der Waals surface area contributed by atoms with E-state index in [2.05, 4.69) is 26.7 Å². The van der Waals surface area contributed by atoms with Crippen LogP contribution in [0, 0.1) is 16.7 Å².